The molecule has 0 aliphatic rings. The van der Waals surface area contributed by atoms with E-state index in [0.717, 1.165) is 25.3 Å². The van der Waals surface area contributed by atoms with E-state index in [-0.39, 0.29) is 0 Å². The van der Waals surface area contributed by atoms with Crippen molar-refractivity contribution >= 4 is 5.65 Å². The van der Waals surface area contributed by atoms with Crippen LogP contribution in [0.15, 0.2) is 55.1 Å². The third-order valence-corrected chi connectivity index (χ3v) is 3.62. The summed E-state index contributed by atoms with van der Waals surface area (Å²) in [5.41, 5.74) is 3.36. The molecule has 0 amide bonds. The molecule has 5 heteroatoms. The third-order valence-electron chi connectivity index (χ3n) is 3.62. The molecule has 0 N–H and O–H groups in total. The van der Waals surface area contributed by atoms with Crippen LogP contribution in [0.5, 0.6) is 0 Å². The second-order valence-electron chi connectivity index (χ2n) is 5.24. The van der Waals surface area contributed by atoms with Crippen LogP contribution in [0.1, 0.15) is 11.3 Å². The lowest BCUT2D eigenvalue weighted by Crippen LogP contribution is -2.27. The monoisotopic (exact) mass is 296 g/mol. The molecule has 0 atom stereocenters. The van der Waals surface area contributed by atoms with Gasteiger partial charge in [0, 0.05) is 45.3 Å². The number of aromatic nitrogens is 3. The normalized spacial score (nSPS) is 11.4. The van der Waals surface area contributed by atoms with E-state index >= 15 is 0 Å². The Morgan fingerprint density at radius 1 is 1.14 bits per heavy atom. The summed E-state index contributed by atoms with van der Waals surface area (Å²) >= 11 is 0. The van der Waals surface area contributed by atoms with Gasteiger partial charge in [-0.15, -0.1) is 0 Å². The molecular formula is C17H20N4O. The Balaban J connectivity index is 1.77. The Morgan fingerprint density at radius 2 is 2.09 bits per heavy atom. The molecule has 0 aromatic carbocycles. The maximum atomic E-state index is 5.24. The van der Waals surface area contributed by atoms with Crippen molar-refractivity contribution in [2.75, 3.05) is 20.3 Å². The zero-order valence-electron chi connectivity index (χ0n) is 12.7. The smallest absolute Gasteiger partial charge is 0.136 e. The van der Waals surface area contributed by atoms with E-state index in [1.165, 1.54) is 11.3 Å². The minimum absolute atomic E-state index is 0.705. The molecule has 0 fully saturated rings. The summed E-state index contributed by atoms with van der Waals surface area (Å²) in [6.07, 6.45) is 7.70. The van der Waals surface area contributed by atoms with Gasteiger partial charge in [-0.25, -0.2) is 4.98 Å². The summed E-state index contributed by atoms with van der Waals surface area (Å²) in [6, 6.07) is 10.1. The van der Waals surface area contributed by atoms with Gasteiger partial charge in [-0.1, -0.05) is 12.1 Å². The highest BCUT2D eigenvalue weighted by atomic mass is 16.5. The molecule has 3 heterocycles. The maximum absolute atomic E-state index is 5.24. The Kier molecular flexibility index (Phi) is 4.78. The van der Waals surface area contributed by atoms with Crippen LogP contribution in [-0.4, -0.2) is 39.5 Å². The van der Waals surface area contributed by atoms with Crippen LogP contribution in [-0.2, 0) is 17.8 Å². The average Bonchev–Trinajstić information content (AvgIpc) is 2.97. The fraction of sp³-hybridized carbons (Fsp3) is 0.294. The molecule has 3 aromatic heterocycles. The molecule has 5 nitrogen and oxygen atoms in total. The van der Waals surface area contributed by atoms with Crippen LogP contribution in [0.3, 0.4) is 0 Å². The minimum Gasteiger partial charge on any atom is -0.383 e. The van der Waals surface area contributed by atoms with Crippen LogP contribution in [0.25, 0.3) is 5.65 Å². The van der Waals surface area contributed by atoms with Gasteiger partial charge in [-0.3, -0.25) is 9.88 Å². The predicted octanol–water partition coefficient (Wildman–Crippen LogP) is 2.38. The van der Waals surface area contributed by atoms with Crippen LogP contribution in [0.4, 0.5) is 0 Å². The topological polar surface area (TPSA) is 42.7 Å². The first-order valence-corrected chi connectivity index (χ1v) is 7.38. The number of rotatable bonds is 7. The van der Waals surface area contributed by atoms with E-state index in [4.69, 9.17) is 4.74 Å². The summed E-state index contributed by atoms with van der Waals surface area (Å²) < 4.78 is 7.36. The summed E-state index contributed by atoms with van der Waals surface area (Å²) in [7, 11) is 1.73. The van der Waals surface area contributed by atoms with Gasteiger partial charge >= 0.3 is 0 Å². The lowest BCUT2D eigenvalue weighted by Gasteiger charge is -2.21. The molecule has 0 saturated carbocycles. The van der Waals surface area contributed by atoms with Gasteiger partial charge in [0.25, 0.3) is 0 Å². The van der Waals surface area contributed by atoms with Gasteiger partial charge in [0.15, 0.2) is 0 Å². The molecule has 0 saturated heterocycles. The van der Waals surface area contributed by atoms with E-state index in [0.29, 0.717) is 6.61 Å². The molecule has 0 radical (unpaired) electrons. The molecular weight excluding hydrogens is 276 g/mol. The minimum atomic E-state index is 0.705. The number of pyridine rings is 2. The third kappa shape index (κ3) is 3.50. The fourth-order valence-electron chi connectivity index (χ4n) is 2.52. The van der Waals surface area contributed by atoms with Crippen molar-refractivity contribution in [2.24, 2.45) is 0 Å². The zero-order valence-corrected chi connectivity index (χ0v) is 12.7. The highest BCUT2D eigenvalue weighted by Crippen LogP contribution is 2.11. The Labute approximate surface area is 130 Å². The van der Waals surface area contributed by atoms with E-state index < -0.39 is 0 Å². The second-order valence-corrected chi connectivity index (χ2v) is 5.24. The first-order valence-electron chi connectivity index (χ1n) is 7.38. The largest absolute Gasteiger partial charge is 0.383 e. The lowest BCUT2D eigenvalue weighted by molar-refractivity contribution is 0.139. The fourth-order valence-corrected chi connectivity index (χ4v) is 2.52. The van der Waals surface area contributed by atoms with Gasteiger partial charge in [0.1, 0.15) is 5.65 Å². The molecule has 3 aromatic rings. The number of ether oxygens (including phenoxy) is 1. The SMILES string of the molecule is COCCN(Cc1cccnc1)Cc1cnc2ccccn12. The molecule has 0 aliphatic heterocycles. The Hall–Kier alpha value is -2.24. The highest BCUT2D eigenvalue weighted by molar-refractivity contribution is 5.39. The van der Waals surface area contributed by atoms with Crippen LogP contribution in [0, 0.1) is 0 Å². The predicted molar refractivity (Wildman–Crippen MR) is 85.4 cm³/mol. The van der Waals surface area contributed by atoms with Crippen molar-refractivity contribution in [1.82, 2.24) is 19.3 Å². The van der Waals surface area contributed by atoms with Crippen LogP contribution >= 0.6 is 0 Å². The Morgan fingerprint density at radius 3 is 2.91 bits per heavy atom. The van der Waals surface area contributed by atoms with Gasteiger partial charge in [0.2, 0.25) is 0 Å². The zero-order chi connectivity index (χ0) is 15.2. The first kappa shape index (κ1) is 14.7. The molecule has 0 bridgehead atoms. The summed E-state index contributed by atoms with van der Waals surface area (Å²) in [5.74, 6) is 0. The van der Waals surface area contributed by atoms with Crippen molar-refractivity contribution in [3.63, 3.8) is 0 Å². The van der Waals surface area contributed by atoms with Gasteiger partial charge in [-0.2, -0.15) is 0 Å². The van der Waals surface area contributed by atoms with E-state index in [1.54, 1.807) is 13.3 Å². The molecule has 22 heavy (non-hydrogen) atoms. The average molecular weight is 296 g/mol. The number of hydrogen-bond donors (Lipinski definition) is 0. The van der Waals surface area contributed by atoms with E-state index in [9.17, 15) is 0 Å². The molecule has 0 unspecified atom stereocenters. The number of methoxy groups -OCH3 is 1. The summed E-state index contributed by atoms with van der Waals surface area (Å²) in [4.78, 5) is 11.0. The quantitative estimate of drug-likeness (QED) is 0.671. The van der Waals surface area contributed by atoms with Crippen LogP contribution in [0.2, 0.25) is 0 Å². The number of imidazole rings is 1. The number of hydrogen-bond acceptors (Lipinski definition) is 4. The van der Waals surface area contributed by atoms with Crippen molar-refractivity contribution < 1.29 is 4.74 Å². The first-order chi connectivity index (χ1) is 10.9. The van der Waals surface area contributed by atoms with Crippen molar-refractivity contribution in [3.05, 3.63) is 66.4 Å². The summed E-state index contributed by atoms with van der Waals surface area (Å²) in [5, 5.41) is 0. The molecule has 114 valence electrons. The highest BCUT2D eigenvalue weighted by Gasteiger charge is 2.10. The van der Waals surface area contributed by atoms with Crippen molar-refractivity contribution in [3.8, 4) is 0 Å². The standard InChI is InChI=1S/C17H20N4O/c1-22-10-9-20(13-15-5-4-7-18-11-15)14-16-12-19-17-6-2-3-8-21(16)17/h2-8,11-12H,9-10,13-14H2,1H3. The van der Waals surface area contributed by atoms with Gasteiger partial charge < -0.3 is 9.14 Å². The molecule has 0 aliphatic carbocycles. The van der Waals surface area contributed by atoms with Gasteiger partial charge in [0.05, 0.1) is 18.5 Å². The Bertz CT molecular complexity index is 711. The number of nitrogens with zero attached hydrogens (tertiary/aromatic N) is 4. The van der Waals surface area contributed by atoms with Crippen LogP contribution < -0.4 is 0 Å². The second kappa shape index (κ2) is 7.15. The van der Waals surface area contributed by atoms with Crippen molar-refractivity contribution in [1.29, 1.82) is 0 Å². The lowest BCUT2D eigenvalue weighted by atomic mass is 10.2. The van der Waals surface area contributed by atoms with Gasteiger partial charge in [-0.05, 0) is 23.8 Å². The molecule has 3 rings (SSSR count). The van der Waals surface area contributed by atoms with E-state index in [1.807, 2.05) is 36.7 Å². The maximum Gasteiger partial charge on any atom is 0.136 e. The summed E-state index contributed by atoms with van der Waals surface area (Å²) in [6.45, 7) is 3.24. The molecule has 0 spiro atoms. The van der Waals surface area contributed by atoms with Crippen molar-refractivity contribution in [2.45, 2.75) is 13.1 Å². The number of fused-ring (bicyclic) bond motifs is 1. The van der Waals surface area contributed by atoms with E-state index in [2.05, 4.69) is 31.5 Å².